The van der Waals surface area contributed by atoms with Crippen LogP contribution in [-0.2, 0) is 11.3 Å². The Morgan fingerprint density at radius 1 is 1.50 bits per heavy atom. The van der Waals surface area contributed by atoms with Gasteiger partial charge in [0.25, 0.3) is 0 Å². The quantitative estimate of drug-likeness (QED) is 0.709. The minimum Gasteiger partial charge on any atom is -0.508 e. The fourth-order valence-electron chi connectivity index (χ4n) is 1.05. The monoisotopic (exact) mass is 196 g/mol. The topological polar surface area (TPSA) is 66.8 Å². The first-order chi connectivity index (χ1) is 6.69. The SMILES string of the molecule is CCOC(=O)c1ccc(O)c(CO)c1. The number of benzene rings is 1. The number of aromatic hydroxyl groups is 1. The molecule has 2 N–H and O–H groups in total. The molecule has 4 nitrogen and oxygen atoms in total. The molecule has 0 saturated heterocycles. The maximum absolute atomic E-state index is 11.2. The molecule has 0 spiro atoms. The summed E-state index contributed by atoms with van der Waals surface area (Å²) in [5.74, 6) is -0.484. The van der Waals surface area contributed by atoms with Crippen molar-refractivity contribution in [2.24, 2.45) is 0 Å². The van der Waals surface area contributed by atoms with Crippen molar-refractivity contribution < 1.29 is 19.7 Å². The van der Waals surface area contributed by atoms with E-state index in [0.717, 1.165) is 0 Å². The number of carbonyl (C=O) groups excluding carboxylic acids is 1. The van der Waals surface area contributed by atoms with Crippen LogP contribution in [0.2, 0.25) is 0 Å². The van der Waals surface area contributed by atoms with Gasteiger partial charge in [0.05, 0.1) is 18.8 Å². The Labute approximate surface area is 81.8 Å². The van der Waals surface area contributed by atoms with Crippen molar-refractivity contribution in [1.29, 1.82) is 0 Å². The fourth-order valence-corrected chi connectivity index (χ4v) is 1.05. The van der Waals surface area contributed by atoms with Crippen LogP contribution in [0.5, 0.6) is 5.75 Å². The molecule has 0 aromatic heterocycles. The summed E-state index contributed by atoms with van der Waals surface area (Å²) in [4.78, 5) is 11.2. The van der Waals surface area contributed by atoms with Crippen LogP contribution in [0, 0.1) is 0 Å². The number of hydrogen-bond donors (Lipinski definition) is 2. The average Bonchev–Trinajstić information content (AvgIpc) is 2.19. The van der Waals surface area contributed by atoms with Crippen LogP contribution in [-0.4, -0.2) is 22.8 Å². The van der Waals surface area contributed by atoms with Crippen LogP contribution >= 0.6 is 0 Å². The third kappa shape index (κ3) is 2.23. The van der Waals surface area contributed by atoms with Gasteiger partial charge in [0, 0.05) is 5.56 Å². The van der Waals surface area contributed by atoms with Gasteiger partial charge in [-0.05, 0) is 25.1 Å². The normalized spacial score (nSPS) is 9.86. The second-order valence-electron chi connectivity index (χ2n) is 2.72. The Morgan fingerprint density at radius 3 is 2.79 bits per heavy atom. The fraction of sp³-hybridized carbons (Fsp3) is 0.300. The van der Waals surface area contributed by atoms with Crippen molar-refractivity contribution in [3.05, 3.63) is 29.3 Å². The summed E-state index contributed by atoms with van der Waals surface area (Å²) in [5.41, 5.74) is 0.643. The Balaban J connectivity index is 2.94. The second-order valence-corrected chi connectivity index (χ2v) is 2.72. The molecule has 0 radical (unpaired) electrons. The van der Waals surface area contributed by atoms with Gasteiger partial charge < -0.3 is 14.9 Å². The van der Waals surface area contributed by atoms with Crippen molar-refractivity contribution in [3.63, 3.8) is 0 Å². The van der Waals surface area contributed by atoms with Gasteiger partial charge in [-0.3, -0.25) is 0 Å². The number of rotatable bonds is 3. The van der Waals surface area contributed by atoms with Crippen LogP contribution in [0.3, 0.4) is 0 Å². The van der Waals surface area contributed by atoms with E-state index in [9.17, 15) is 9.90 Å². The molecule has 0 aliphatic heterocycles. The minimum absolute atomic E-state index is 0.0273. The first-order valence-electron chi connectivity index (χ1n) is 4.29. The molecule has 1 aromatic rings. The van der Waals surface area contributed by atoms with Gasteiger partial charge >= 0.3 is 5.97 Å². The number of ether oxygens (including phenoxy) is 1. The molecule has 0 saturated carbocycles. The standard InChI is InChI=1S/C10H12O4/c1-2-14-10(13)7-3-4-9(12)8(5-7)6-11/h3-5,11-12H,2,6H2,1H3. The van der Waals surface area contributed by atoms with E-state index in [2.05, 4.69) is 0 Å². The molecular weight excluding hydrogens is 184 g/mol. The summed E-state index contributed by atoms with van der Waals surface area (Å²) in [6.07, 6.45) is 0. The van der Waals surface area contributed by atoms with Crippen LogP contribution < -0.4 is 0 Å². The van der Waals surface area contributed by atoms with E-state index in [1.165, 1.54) is 18.2 Å². The van der Waals surface area contributed by atoms with Gasteiger partial charge in [-0.2, -0.15) is 0 Å². The first-order valence-corrected chi connectivity index (χ1v) is 4.29. The summed E-state index contributed by atoms with van der Waals surface area (Å²) < 4.78 is 4.77. The number of aliphatic hydroxyl groups is 1. The first kappa shape index (κ1) is 10.5. The smallest absolute Gasteiger partial charge is 0.338 e. The largest absolute Gasteiger partial charge is 0.508 e. The zero-order valence-electron chi connectivity index (χ0n) is 7.86. The van der Waals surface area contributed by atoms with E-state index in [4.69, 9.17) is 9.84 Å². The lowest BCUT2D eigenvalue weighted by molar-refractivity contribution is 0.0526. The van der Waals surface area contributed by atoms with Gasteiger partial charge in [-0.25, -0.2) is 4.79 Å². The number of phenols is 1. The molecule has 1 rings (SSSR count). The molecule has 0 atom stereocenters. The third-order valence-electron chi connectivity index (χ3n) is 1.76. The van der Waals surface area contributed by atoms with Crippen LogP contribution in [0.15, 0.2) is 18.2 Å². The number of carbonyl (C=O) groups is 1. The van der Waals surface area contributed by atoms with E-state index in [-0.39, 0.29) is 12.4 Å². The van der Waals surface area contributed by atoms with E-state index in [1.807, 2.05) is 0 Å². The van der Waals surface area contributed by atoms with Gasteiger partial charge in [-0.1, -0.05) is 0 Å². The van der Waals surface area contributed by atoms with E-state index < -0.39 is 5.97 Å². The zero-order valence-corrected chi connectivity index (χ0v) is 7.86. The molecule has 1 aromatic carbocycles. The van der Waals surface area contributed by atoms with Gasteiger partial charge in [0.15, 0.2) is 0 Å². The van der Waals surface area contributed by atoms with Crippen molar-refractivity contribution >= 4 is 5.97 Å². The Kier molecular flexibility index (Phi) is 3.48. The Bertz CT molecular complexity index is 333. The lowest BCUT2D eigenvalue weighted by atomic mass is 10.1. The molecule has 76 valence electrons. The van der Waals surface area contributed by atoms with Crippen molar-refractivity contribution in [1.82, 2.24) is 0 Å². The maximum Gasteiger partial charge on any atom is 0.338 e. The molecule has 4 heteroatoms. The van der Waals surface area contributed by atoms with Gasteiger partial charge in [-0.15, -0.1) is 0 Å². The molecule has 0 unspecified atom stereocenters. The van der Waals surface area contributed by atoms with Crippen LogP contribution in [0.25, 0.3) is 0 Å². The molecule has 0 fully saturated rings. The van der Waals surface area contributed by atoms with Crippen molar-refractivity contribution in [2.75, 3.05) is 6.61 Å². The van der Waals surface area contributed by atoms with E-state index in [1.54, 1.807) is 6.92 Å². The molecular formula is C10H12O4. The maximum atomic E-state index is 11.2. The second kappa shape index (κ2) is 4.62. The zero-order chi connectivity index (χ0) is 10.6. The Hall–Kier alpha value is -1.55. The predicted octanol–water partition coefficient (Wildman–Crippen LogP) is 1.06. The predicted molar refractivity (Wildman–Crippen MR) is 50.0 cm³/mol. The number of aliphatic hydroxyl groups excluding tert-OH is 1. The number of hydrogen-bond acceptors (Lipinski definition) is 4. The molecule has 0 bridgehead atoms. The minimum atomic E-state index is -0.456. The van der Waals surface area contributed by atoms with Crippen LogP contribution in [0.1, 0.15) is 22.8 Å². The van der Waals surface area contributed by atoms with Crippen molar-refractivity contribution in [3.8, 4) is 5.75 Å². The Morgan fingerprint density at radius 2 is 2.21 bits per heavy atom. The van der Waals surface area contributed by atoms with Crippen molar-refractivity contribution in [2.45, 2.75) is 13.5 Å². The van der Waals surface area contributed by atoms with Gasteiger partial charge in [0.1, 0.15) is 5.75 Å². The summed E-state index contributed by atoms with van der Waals surface area (Å²) in [7, 11) is 0. The summed E-state index contributed by atoms with van der Waals surface area (Å²) in [6, 6.07) is 4.22. The summed E-state index contributed by atoms with van der Waals surface area (Å²) in [6.45, 7) is 1.71. The molecule has 0 aliphatic carbocycles. The highest BCUT2D eigenvalue weighted by atomic mass is 16.5. The highest BCUT2D eigenvalue weighted by Gasteiger charge is 2.08. The lowest BCUT2D eigenvalue weighted by Crippen LogP contribution is -2.05. The van der Waals surface area contributed by atoms with E-state index in [0.29, 0.717) is 17.7 Å². The molecule has 14 heavy (non-hydrogen) atoms. The highest BCUT2D eigenvalue weighted by Crippen LogP contribution is 2.18. The summed E-state index contributed by atoms with van der Waals surface area (Å²) >= 11 is 0. The average molecular weight is 196 g/mol. The van der Waals surface area contributed by atoms with Crippen LogP contribution in [0.4, 0.5) is 0 Å². The summed E-state index contributed by atoms with van der Waals surface area (Å²) in [5, 5.41) is 18.1. The number of esters is 1. The molecule has 0 heterocycles. The lowest BCUT2D eigenvalue weighted by Gasteiger charge is -2.04. The molecule has 0 aliphatic rings. The highest BCUT2D eigenvalue weighted by molar-refractivity contribution is 5.89. The third-order valence-corrected chi connectivity index (χ3v) is 1.76. The van der Waals surface area contributed by atoms with E-state index >= 15 is 0 Å². The van der Waals surface area contributed by atoms with Gasteiger partial charge in [0.2, 0.25) is 0 Å². The molecule has 0 amide bonds.